The van der Waals surface area contributed by atoms with Crippen LogP contribution in [0.4, 0.5) is 8.78 Å². The van der Waals surface area contributed by atoms with E-state index in [1.165, 1.54) is 12.3 Å². The fourth-order valence-corrected chi connectivity index (χ4v) is 2.35. The molecule has 0 bridgehead atoms. The summed E-state index contributed by atoms with van der Waals surface area (Å²) < 4.78 is 105. The number of hydrogen-bond donors (Lipinski definition) is 1. The molecule has 1 fully saturated rings. The normalized spacial score (nSPS) is 29.9. The molecule has 2 aromatic rings. The molecule has 1 amide bonds. The van der Waals surface area contributed by atoms with Gasteiger partial charge >= 0.3 is 0 Å². The van der Waals surface area contributed by atoms with E-state index in [9.17, 15) is 9.18 Å². The molecule has 0 spiro atoms. The number of aromatic nitrogens is 1. The van der Waals surface area contributed by atoms with Crippen molar-refractivity contribution in [2.75, 3.05) is 19.5 Å². The summed E-state index contributed by atoms with van der Waals surface area (Å²) in [5.41, 5.74) is -3.65. The van der Waals surface area contributed by atoms with Gasteiger partial charge in [-0.15, -0.1) is 0 Å². The van der Waals surface area contributed by atoms with Crippen LogP contribution in [0.25, 0.3) is 0 Å². The Morgan fingerprint density at radius 2 is 2.15 bits per heavy atom. The van der Waals surface area contributed by atoms with Gasteiger partial charge in [-0.05, 0) is 36.8 Å². The number of alkyl halides is 1. The lowest BCUT2D eigenvalue weighted by atomic mass is 9.92. The average Bonchev–Trinajstić information content (AvgIpc) is 2.78. The number of benzene rings is 1. The number of nitrogens with zero attached hydrogens (tertiary/aromatic N) is 2. The third-order valence-electron chi connectivity index (χ3n) is 3.63. The Morgan fingerprint density at radius 3 is 2.78 bits per heavy atom. The molecule has 1 aliphatic heterocycles. The Morgan fingerprint density at radius 1 is 1.41 bits per heavy atom. The number of pyridine rings is 1. The molecule has 0 aliphatic carbocycles. The fourth-order valence-electron chi connectivity index (χ4n) is 2.16. The summed E-state index contributed by atoms with van der Waals surface area (Å²) in [6, 6.07) is 5.47. The molecular weight excluding hydrogens is 372 g/mol. The summed E-state index contributed by atoms with van der Waals surface area (Å²) in [4.78, 5) is 16.8. The van der Waals surface area contributed by atoms with Crippen molar-refractivity contribution < 1.29 is 25.9 Å². The van der Waals surface area contributed by atoms with Crippen molar-refractivity contribution in [2.24, 2.45) is 0 Å². The number of hydrogen-bond acceptors (Lipinski definition) is 3. The van der Waals surface area contributed by atoms with Crippen LogP contribution in [0.2, 0.25) is 5.02 Å². The number of nitrogens with one attached hydrogen (secondary N) is 1. The topological polar surface area (TPSA) is 45.2 Å². The summed E-state index contributed by atoms with van der Waals surface area (Å²) in [7, 11) is 0. The van der Waals surface area contributed by atoms with Crippen LogP contribution < -0.4 is 5.32 Å². The van der Waals surface area contributed by atoms with Crippen molar-refractivity contribution in [2.45, 2.75) is 31.9 Å². The maximum atomic E-state index is 16.5. The highest BCUT2D eigenvalue weighted by Crippen LogP contribution is 2.27. The smallest absolute Gasteiger partial charge is 0.253 e. The Hall–Kier alpha value is -2.05. The molecule has 1 N–H and O–H groups in total. The highest BCUT2D eigenvalue weighted by atomic mass is 35.5. The van der Waals surface area contributed by atoms with Gasteiger partial charge in [0, 0.05) is 62.9 Å². The van der Waals surface area contributed by atoms with Crippen molar-refractivity contribution in [3.63, 3.8) is 0 Å². The number of aryl methyl sites for hydroxylation is 1. The van der Waals surface area contributed by atoms with Crippen LogP contribution in [0, 0.1) is 12.7 Å². The fraction of sp³-hybridized carbons (Fsp3) is 0.400. The van der Waals surface area contributed by atoms with Crippen LogP contribution in [0.5, 0.6) is 0 Å². The van der Waals surface area contributed by atoms with Gasteiger partial charge in [0.1, 0.15) is 11.5 Å². The molecule has 27 heavy (non-hydrogen) atoms. The van der Waals surface area contributed by atoms with Gasteiger partial charge in [0.05, 0.1) is 10.7 Å². The SMILES string of the molecule is [2H]C(NCc1ccc(C)cn1)C1(F)C([2H])([2H])C([2H])([2H])N(C(=O)c2ccc(F)c(Cl)c2)C([2H])([2H])C1([2H])[2H]. The lowest BCUT2D eigenvalue weighted by Gasteiger charge is -2.36. The molecule has 1 saturated heterocycles. The van der Waals surface area contributed by atoms with E-state index in [1.807, 2.05) is 0 Å². The summed E-state index contributed by atoms with van der Waals surface area (Å²) in [6.45, 7) is -8.76. The molecule has 144 valence electrons. The largest absolute Gasteiger partial charge is 0.338 e. The van der Waals surface area contributed by atoms with E-state index in [-0.39, 0.29) is 12.2 Å². The minimum atomic E-state index is -4.16. The predicted molar refractivity (Wildman–Crippen MR) is 101 cm³/mol. The zero-order chi connectivity index (χ0) is 27.5. The number of carbonyl (C=O) groups is 1. The van der Waals surface area contributed by atoms with Crippen molar-refractivity contribution >= 4 is 17.5 Å². The number of halogens is 3. The van der Waals surface area contributed by atoms with Crippen molar-refractivity contribution in [3.8, 4) is 0 Å². The second-order valence-corrected chi connectivity index (χ2v) is 6.21. The van der Waals surface area contributed by atoms with Crippen LogP contribution in [-0.2, 0) is 6.54 Å². The summed E-state index contributed by atoms with van der Waals surface area (Å²) >= 11 is 5.65. The third kappa shape index (κ3) is 5.02. The van der Waals surface area contributed by atoms with E-state index < -0.39 is 65.1 Å². The van der Waals surface area contributed by atoms with Gasteiger partial charge in [-0.2, -0.15) is 0 Å². The quantitative estimate of drug-likeness (QED) is 0.824. The number of piperidine rings is 1. The Balaban J connectivity index is 2.07. The first-order chi connectivity index (χ1) is 16.3. The standard InChI is InChI=1S/C20H22ClF2N3O/c1-14-2-4-16(25-11-14)12-24-13-20(23)6-8-26(9-7-20)19(27)15-3-5-18(22)17(21)10-15/h2-5,10-11,24H,6-9,12-13H2,1H3/i6D2,7D2,8D2,9D2,13D. The van der Waals surface area contributed by atoms with Crippen molar-refractivity contribution in [1.29, 1.82) is 0 Å². The Bertz CT molecular complexity index is 1140. The number of likely N-dealkylation sites (tertiary alicyclic amines) is 1. The van der Waals surface area contributed by atoms with Crippen LogP contribution in [0.15, 0.2) is 36.5 Å². The first kappa shape index (κ1) is 11.1. The number of rotatable bonds is 5. The molecule has 1 atom stereocenters. The average molecular weight is 403 g/mol. The Kier molecular flexibility index (Phi) is 3.41. The second kappa shape index (κ2) is 8.31. The first-order valence-corrected chi connectivity index (χ1v) is 8.27. The van der Waals surface area contributed by atoms with Gasteiger partial charge in [-0.3, -0.25) is 9.78 Å². The minimum absolute atomic E-state index is 0.286. The third-order valence-corrected chi connectivity index (χ3v) is 3.92. The van der Waals surface area contributed by atoms with E-state index in [2.05, 4.69) is 10.3 Å². The number of amides is 1. The summed E-state index contributed by atoms with van der Waals surface area (Å²) in [5, 5.41) is 1.68. The molecule has 7 heteroatoms. The summed E-state index contributed by atoms with van der Waals surface area (Å²) in [6.07, 6.45) is -6.45. The molecule has 1 aromatic heterocycles. The summed E-state index contributed by atoms with van der Waals surface area (Å²) in [5.74, 6) is -2.54. The van der Waals surface area contributed by atoms with Crippen LogP contribution >= 0.6 is 11.6 Å². The Labute approximate surface area is 175 Å². The van der Waals surface area contributed by atoms with Crippen molar-refractivity contribution in [3.05, 3.63) is 64.2 Å². The molecule has 0 saturated carbocycles. The molecule has 2 heterocycles. The van der Waals surface area contributed by atoms with Gasteiger partial charge in [0.15, 0.2) is 0 Å². The van der Waals surface area contributed by atoms with Crippen LogP contribution in [0.3, 0.4) is 0 Å². The van der Waals surface area contributed by atoms with E-state index in [0.29, 0.717) is 0 Å². The predicted octanol–water partition coefficient (Wildman–Crippen LogP) is 3.92. The molecule has 1 unspecified atom stereocenters. The molecule has 1 aromatic carbocycles. The van der Waals surface area contributed by atoms with E-state index in [4.69, 9.17) is 23.9 Å². The lowest BCUT2D eigenvalue weighted by Crippen LogP contribution is -2.48. The maximum Gasteiger partial charge on any atom is 0.253 e. The molecular formula is C20H22ClF2N3O. The molecule has 4 nitrogen and oxygen atoms in total. The van der Waals surface area contributed by atoms with Gasteiger partial charge < -0.3 is 10.2 Å². The van der Waals surface area contributed by atoms with Crippen molar-refractivity contribution in [1.82, 2.24) is 15.2 Å². The monoisotopic (exact) mass is 402 g/mol. The highest BCUT2D eigenvalue weighted by Gasteiger charge is 2.35. The van der Waals surface area contributed by atoms with Gasteiger partial charge in [0.2, 0.25) is 0 Å². The van der Waals surface area contributed by atoms with E-state index in [1.54, 1.807) is 13.0 Å². The highest BCUT2D eigenvalue weighted by molar-refractivity contribution is 6.31. The lowest BCUT2D eigenvalue weighted by molar-refractivity contribution is 0.0434. The van der Waals surface area contributed by atoms with Gasteiger partial charge in [-0.25, -0.2) is 8.78 Å². The minimum Gasteiger partial charge on any atom is -0.338 e. The first-order valence-electron chi connectivity index (χ1n) is 12.5. The molecule has 0 radical (unpaired) electrons. The molecule has 3 rings (SSSR count). The molecule has 1 aliphatic rings. The zero-order valence-corrected chi connectivity index (χ0v) is 14.9. The van der Waals surface area contributed by atoms with Crippen LogP contribution in [-0.4, -0.2) is 41.0 Å². The van der Waals surface area contributed by atoms with Gasteiger partial charge in [-0.1, -0.05) is 17.7 Å². The number of carbonyl (C=O) groups excluding carboxylic acids is 1. The maximum absolute atomic E-state index is 16.5. The van der Waals surface area contributed by atoms with E-state index in [0.717, 1.165) is 23.8 Å². The zero-order valence-electron chi connectivity index (χ0n) is 23.2. The second-order valence-electron chi connectivity index (χ2n) is 5.81. The van der Waals surface area contributed by atoms with E-state index >= 15 is 4.39 Å². The van der Waals surface area contributed by atoms with Crippen LogP contribution in [0.1, 0.15) is 46.7 Å². The van der Waals surface area contributed by atoms with Gasteiger partial charge in [0.25, 0.3) is 5.91 Å².